The summed E-state index contributed by atoms with van der Waals surface area (Å²) in [5, 5.41) is 0. The Morgan fingerprint density at radius 3 is 1.90 bits per heavy atom. The minimum atomic E-state index is -2.84. The predicted molar refractivity (Wildman–Crippen MR) is 118 cm³/mol. The standard InChI is InChI=1S/C26H27F3O2/c1-2-3-4-5-6-17-30-23-15-16-24(25(27)18-23)21-9-7-19(8-10-21)20-11-13-22(14-12-20)31-26(28)29/h7-16,18,26H,2-6,17H2,1H3. The van der Waals surface area contributed by atoms with E-state index >= 15 is 0 Å². The second kappa shape index (κ2) is 11.4. The Labute approximate surface area is 181 Å². The third-order valence-electron chi connectivity index (χ3n) is 5.07. The van der Waals surface area contributed by atoms with Crippen LogP contribution in [0.5, 0.6) is 11.5 Å². The van der Waals surface area contributed by atoms with Gasteiger partial charge in [-0.15, -0.1) is 0 Å². The van der Waals surface area contributed by atoms with Crippen LogP contribution >= 0.6 is 0 Å². The van der Waals surface area contributed by atoms with Crippen molar-refractivity contribution in [3.63, 3.8) is 0 Å². The van der Waals surface area contributed by atoms with Crippen LogP contribution in [0.1, 0.15) is 39.0 Å². The van der Waals surface area contributed by atoms with Crippen molar-refractivity contribution in [2.24, 2.45) is 0 Å². The van der Waals surface area contributed by atoms with Crippen molar-refractivity contribution in [1.82, 2.24) is 0 Å². The molecule has 0 atom stereocenters. The van der Waals surface area contributed by atoms with Gasteiger partial charge >= 0.3 is 6.61 Å². The third kappa shape index (κ3) is 6.78. The molecule has 0 N–H and O–H groups in total. The minimum Gasteiger partial charge on any atom is -0.493 e. The van der Waals surface area contributed by atoms with E-state index in [-0.39, 0.29) is 11.6 Å². The highest BCUT2D eigenvalue weighted by Gasteiger charge is 2.09. The number of halogens is 3. The van der Waals surface area contributed by atoms with Crippen LogP contribution in [-0.4, -0.2) is 13.2 Å². The summed E-state index contributed by atoms with van der Waals surface area (Å²) in [6.07, 6.45) is 5.75. The Morgan fingerprint density at radius 1 is 0.710 bits per heavy atom. The molecular weight excluding hydrogens is 401 g/mol. The van der Waals surface area contributed by atoms with Crippen LogP contribution < -0.4 is 9.47 Å². The van der Waals surface area contributed by atoms with Crippen LogP contribution in [0.3, 0.4) is 0 Å². The molecule has 2 nitrogen and oxygen atoms in total. The fourth-order valence-electron chi connectivity index (χ4n) is 3.39. The highest BCUT2D eigenvalue weighted by molar-refractivity contribution is 5.71. The quantitative estimate of drug-likeness (QED) is 0.287. The molecule has 31 heavy (non-hydrogen) atoms. The minimum absolute atomic E-state index is 0.112. The first-order valence-corrected chi connectivity index (χ1v) is 10.6. The van der Waals surface area contributed by atoms with E-state index in [1.807, 2.05) is 24.3 Å². The van der Waals surface area contributed by atoms with E-state index < -0.39 is 6.61 Å². The van der Waals surface area contributed by atoms with Gasteiger partial charge in [0.05, 0.1) is 6.61 Å². The van der Waals surface area contributed by atoms with Gasteiger partial charge in [0, 0.05) is 11.6 Å². The number of hydrogen-bond donors (Lipinski definition) is 0. The van der Waals surface area contributed by atoms with Crippen LogP contribution in [0.2, 0.25) is 0 Å². The number of ether oxygens (including phenoxy) is 2. The van der Waals surface area contributed by atoms with Gasteiger partial charge in [0.1, 0.15) is 17.3 Å². The van der Waals surface area contributed by atoms with E-state index in [9.17, 15) is 13.2 Å². The van der Waals surface area contributed by atoms with Crippen molar-refractivity contribution in [3.8, 4) is 33.8 Å². The van der Waals surface area contributed by atoms with Crippen molar-refractivity contribution < 1.29 is 22.6 Å². The molecule has 0 heterocycles. The lowest BCUT2D eigenvalue weighted by atomic mass is 10.00. The zero-order valence-electron chi connectivity index (χ0n) is 17.6. The summed E-state index contributed by atoms with van der Waals surface area (Å²) in [5.41, 5.74) is 3.01. The predicted octanol–water partition coefficient (Wildman–Crippen LogP) is 8.11. The Bertz CT molecular complexity index is 938. The highest BCUT2D eigenvalue weighted by atomic mass is 19.3. The molecule has 3 rings (SSSR count). The lowest BCUT2D eigenvalue weighted by Crippen LogP contribution is -2.01. The monoisotopic (exact) mass is 428 g/mol. The Kier molecular flexibility index (Phi) is 8.39. The van der Waals surface area contributed by atoms with E-state index in [1.54, 1.807) is 24.3 Å². The molecule has 0 radical (unpaired) electrons. The number of hydrogen-bond acceptors (Lipinski definition) is 2. The summed E-state index contributed by atoms with van der Waals surface area (Å²) < 4.78 is 49.2. The summed E-state index contributed by atoms with van der Waals surface area (Å²) in [6.45, 7) is -0.0687. The molecule has 164 valence electrons. The third-order valence-corrected chi connectivity index (χ3v) is 5.07. The molecule has 0 bridgehead atoms. The molecule has 0 aromatic heterocycles. The first kappa shape index (κ1) is 22.7. The summed E-state index contributed by atoms with van der Waals surface area (Å²) >= 11 is 0. The van der Waals surface area contributed by atoms with E-state index in [1.165, 1.54) is 37.5 Å². The van der Waals surface area contributed by atoms with Gasteiger partial charge in [-0.1, -0.05) is 69.0 Å². The Balaban J connectivity index is 1.61. The summed E-state index contributed by atoms with van der Waals surface area (Å²) in [5.74, 6) is 0.324. The van der Waals surface area contributed by atoms with Gasteiger partial charge in [-0.05, 0) is 47.4 Å². The van der Waals surface area contributed by atoms with Gasteiger partial charge < -0.3 is 9.47 Å². The molecule has 3 aromatic rings. The molecule has 0 fully saturated rings. The molecule has 0 spiro atoms. The lowest BCUT2D eigenvalue weighted by Gasteiger charge is -2.10. The number of alkyl halides is 2. The van der Waals surface area contributed by atoms with Gasteiger partial charge in [-0.3, -0.25) is 0 Å². The molecular formula is C26H27F3O2. The first-order valence-electron chi connectivity index (χ1n) is 10.6. The van der Waals surface area contributed by atoms with Gasteiger partial charge in [-0.2, -0.15) is 8.78 Å². The smallest absolute Gasteiger partial charge is 0.387 e. The van der Waals surface area contributed by atoms with E-state index in [0.717, 1.165) is 29.5 Å². The molecule has 0 saturated heterocycles. The molecule has 5 heteroatoms. The van der Waals surface area contributed by atoms with Crippen molar-refractivity contribution in [3.05, 3.63) is 72.5 Å². The fraction of sp³-hybridized carbons (Fsp3) is 0.308. The maximum Gasteiger partial charge on any atom is 0.387 e. The average molecular weight is 428 g/mol. The van der Waals surface area contributed by atoms with Gasteiger partial charge in [0.2, 0.25) is 0 Å². The van der Waals surface area contributed by atoms with E-state index in [4.69, 9.17) is 4.74 Å². The number of unbranched alkanes of at least 4 members (excludes halogenated alkanes) is 4. The average Bonchev–Trinajstić information content (AvgIpc) is 2.77. The van der Waals surface area contributed by atoms with Crippen molar-refractivity contribution in [2.75, 3.05) is 6.61 Å². The summed E-state index contributed by atoms with van der Waals surface area (Å²) in [6, 6.07) is 18.8. The van der Waals surface area contributed by atoms with Crippen LogP contribution in [0.15, 0.2) is 66.7 Å². The fourth-order valence-corrected chi connectivity index (χ4v) is 3.39. The van der Waals surface area contributed by atoms with Crippen molar-refractivity contribution >= 4 is 0 Å². The lowest BCUT2D eigenvalue weighted by molar-refractivity contribution is -0.0498. The Morgan fingerprint density at radius 2 is 1.29 bits per heavy atom. The second-order valence-corrected chi connectivity index (χ2v) is 7.38. The number of rotatable bonds is 11. The van der Waals surface area contributed by atoms with E-state index in [0.29, 0.717) is 17.9 Å². The summed E-state index contributed by atoms with van der Waals surface area (Å²) in [4.78, 5) is 0. The molecule has 0 saturated carbocycles. The van der Waals surface area contributed by atoms with E-state index in [2.05, 4.69) is 11.7 Å². The molecule has 0 amide bonds. The number of benzene rings is 3. The van der Waals surface area contributed by atoms with Crippen molar-refractivity contribution in [1.29, 1.82) is 0 Å². The molecule has 0 unspecified atom stereocenters. The molecule has 0 aliphatic rings. The normalized spacial score (nSPS) is 11.0. The Hall–Kier alpha value is -2.95. The topological polar surface area (TPSA) is 18.5 Å². The molecule has 0 aliphatic heterocycles. The zero-order valence-corrected chi connectivity index (χ0v) is 17.6. The molecule has 3 aromatic carbocycles. The highest BCUT2D eigenvalue weighted by Crippen LogP contribution is 2.29. The van der Waals surface area contributed by atoms with Crippen LogP contribution in [0.25, 0.3) is 22.3 Å². The van der Waals surface area contributed by atoms with Crippen LogP contribution in [0, 0.1) is 5.82 Å². The van der Waals surface area contributed by atoms with Gasteiger partial charge in [-0.25, -0.2) is 4.39 Å². The first-order chi connectivity index (χ1) is 15.1. The second-order valence-electron chi connectivity index (χ2n) is 7.38. The van der Waals surface area contributed by atoms with Gasteiger partial charge in [0.15, 0.2) is 0 Å². The maximum absolute atomic E-state index is 14.6. The van der Waals surface area contributed by atoms with Crippen LogP contribution in [0.4, 0.5) is 13.2 Å². The zero-order chi connectivity index (χ0) is 22.1. The maximum atomic E-state index is 14.6. The summed E-state index contributed by atoms with van der Waals surface area (Å²) in [7, 11) is 0. The largest absolute Gasteiger partial charge is 0.493 e. The SMILES string of the molecule is CCCCCCCOc1ccc(-c2ccc(-c3ccc(OC(F)F)cc3)cc2)c(F)c1. The van der Waals surface area contributed by atoms with Crippen molar-refractivity contribution in [2.45, 2.75) is 45.6 Å². The molecule has 0 aliphatic carbocycles. The van der Waals surface area contributed by atoms with Gasteiger partial charge in [0.25, 0.3) is 0 Å². The van der Waals surface area contributed by atoms with Crippen LogP contribution in [-0.2, 0) is 0 Å².